The fourth-order valence-corrected chi connectivity index (χ4v) is 1.67. The quantitative estimate of drug-likeness (QED) is 0.645. The minimum Gasteiger partial charge on any atom is -0.277 e. The molecule has 1 aliphatic rings. The van der Waals surface area contributed by atoms with Gasteiger partial charge in [-0.15, -0.1) is 0 Å². The minimum absolute atomic E-state index is 0.0342. The first-order valence-electron chi connectivity index (χ1n) is 4.72. The second-order valence-electron chi connectivity index (χ2n) is 3.55. The average Bonchev–Trinajstić information content (AvgIpc) is 2.01. The van der Waals surface area contributed by atoms with Crippen molar-refractivity contribution in [3.63, 3.8) is 0 Å². The molecule has 1 heterocycles. The van der Waals surface area contributed by atoms with E-state index in [-0.39, 0.29) is 5.92 Å². The molecule has 0 unspecified atom stereocenters. The lowest BCUT2D eigenvalue weighted by molar-refractivity contribution is -0.138. The number of carbonyl (C=O) groups is 3. The van der Waals surface area contributed by atoms with Gasteiger partial charge in [0.25, 0.3) is 0 Å². The third-order valence-electron chi connectivity index (χ3n) is 2.35. The largest absolute Gasteiger partial charge is 0.328 e. The summed E-state index contributed by atoms with van der Waals surface area (Å²) in [5.41, 5.74) is 0. The average molecular weight is 198 g/mol. The molecule has 14 heavy (non-hydrogen) atoms. The van der Waals surface area contributed by atoms with Crippen molar-refractivity contribution in [1.82, 2.24) is 10.6 Å². The Kier molecular flexibility index (Phi) is 3.22. The second-order valence-corrected chi connectivity index (χ2v) is 3.55. The van der Waals surface area contributed by atoms with Gasteiger partial charge < -0.3 is 0 Å². The zero-order valence-corrected chi connectivity index (χ0v) is 8.29. The van der Waals surface area contributed by atoms with Crippen molar-refractivity contribution in [3.05, 3.63) is 0 Å². The molecule has 0 aromatic heterocycles. The summed E-state index contributed by atoms with van der Waals surface area (Å²) in [5, 5.41) is 4.18. The first-order valence-corrected chi connectivity index (χ1v) is 4.72. The fraction of sp³-hybridized carbons (Fsp3) is 0.667. The summed E-state index contributed by atoms with van der Waals surface area (Å²) in [5.74, 6) is -1.74. The van der Waals surface area contributed by atoms with Crippen molar-refractivity contribution in [2.75, 3.05) is 0 Å². The number of imide groups is 2. The van der Waals surface area contributed by atoms with Gasteiger partial charge in [-0.05, 0) is 12.3 Å². The van der Waals surface area contributed by atoms with Crippen LogP contribution >= 0.6 is 0 Å². The summed E-state index contributed by atoms with van der Waals surface area (Å²) in [6, 6.07) is -0.722. The molecule has 5 nitrogen and oxygen atoms in total. The number of barbiturate groups is 1. The normalized spacial score (nSPS) is 20.3. The Morgan fingerprint density at radius 2 is 1.71 bits per heavy atom. The Balaban J connectivity index is 2.71. The standard InChI is InChI=1S/C9H14N2O3/c1-3-4-5(2)6-7(12)10-9(14)11-8(6)13/h5-6H,3-4H2,1-2H3,(H2,10,11,12,13,14)/t5-/m1/s1. The molecule has 5 heteroatoms. The molecule has 1 saturated heterocycles. The van der Waals surface area contributed by atoms with E-state index in [0.717, 1.165) is 12.8 Å². The highest BCUT2D eigenvalue weighted by Gasteiger charge is 2.37. The summed E-state index contributed by atoms with van der Waals surface area (Å²) < 4.78 is 0. The molecule has 0 radical (unpaired) electrons. The molecule has 1 fully saturated rings. The van der Waals surface area contributed by atoms with Gasteiger partial charge in [0.05, 0.1) is 0 Å². The van der Waals surface area contributed by atoms with E-state index >= 15 is 0 Å². The van der Waals surface area contributed by atoms with E-state index in [2.05, 4.69) is 10.6 Å². The Bertz CT molecular complexity index is 255. The summed E-state index contributed by atoms with van der Waals surface area (Å²) in [7, 11) is 0. The summed E-state index contributed by atoms with van der Waals surface area (Å²) >= 11 is 0. The van der Waals surface area contributed by atoms with Gasteiger partial charge in [-0.1, -0.05) is 20.3 Å². The monoisotopic (exact) mass is 198 g/mol. The Hall–Kier alpha value is -1.39. The van der Waals surface area contributed by atoms with Crippen molar-refractivity contribution >= 4 is 17.8 Å². The van der Waals surface area contributed by atoms with Crippen molar-refractivity contribution in [2.45, 2.75) is 26.7 Å². The molecule has 78 valence electrons. The molecule has 4 amide bonds. The van der Waals surface area contributed by atoms with Crippen molar-refractivity contribution in [3.8, 4) is 0 Å². The highest BCUT2D eigenvalue weighted by Crippen LogP contribution is 2.19. The highest BCUT2D eigenvalue weighted by atomic mass is 16.2. The van der Waals surface area contributed by atoms with Crippen LogP contribution in [0.2, 0.25) is 0 Å². The Morgan fingerprint density at radius 1 is 1.21 bits per heavy atom. The van der Waals surface area contributed by atoms with Gasteiger partial charge in [0, 0.05) is 0 Å². The van der Waals surface area contributed by atoms with Crippen LogP contribution < -0.4 is 10.6 Å². The van der Waals surface area contributed by atoms with E-state index < -0.39 is 23.8 Å². The number of urea groups is 1. The lowest BCUT2D eigenvalue weighted by Gasteiger charge is -2.25. The van der Waals surface area contributed by atoms with Crippen molar-refractivity contribution in [2.24, 2.45) is 11.8 Å². The molecular formula is C9H14N2O3. The van der Waals surface area contributed by atoms with E-state index in [9.17, 15) is 14.4 Å². The zero-order chi connectivity index (χ0) is 10.7. The van der Waals surface area contributed by atoms with Gasteiger partial charge in [0.2, 0.25) is 11.8 Å². The van der Waals surface area contributed by atoms with Crippen LogP contribution in [0.1, 0.15) is 26.7 Å². The number of carbonyl (C=O) groups excluding carboxylic acids is 3. The van der Waals surface area contributed by atoms with Gasteiger partial charge in [-0.3, -0.25) is 20.2 Å². The smallest absolute Gasteiger partial charge is 0.277 e. The molecule has 2 N–H and O–H groups in total. The molecule has 0 aromatic carbocycles. The molecule has 0 saturated carbocycles. The molecule has 0 spiro atoms. The second kappa shape index (κ2) is 4.21. The first-order chi connectivity index (χ1) is 6.56. The molecule has 1 atom stereocenters. The Labute approximate surface area is 82.2 Å². The topological polar surface area (TPSA) is 75.3 Å². The van der Waals surface area contributed by atoms with E-state index in [0.29, 0.717) is 0 Å². The first kappa shape index (κ1) is 10.7. The third kappa shape index (κ3) is 2.10. The maximum absolute atomic E-state index is 11.3. The van der Waals surface area contributed by atoms with Gasteiger partial charge >= 0.3 is 6.03 Å². The third-order valence-corrected chi connectivity index (χ3v) is 2.35. The van der Waals surface area contributed by atoms with Crippen LogP contribution in [0.25, 0.3) is 0 Å². The van der Waals surface area contributed by atoms with Crippen molar-refractivity contribution < 1.29 is 14.4 Å². The SMILES string of the molecule is CCC[C@@H](C)C1C(=O)NC(=O)NC1=O. The van der Waals surface area contributed by atoms with E-state index in [1.807, 2.05) is 13.8 Å². The highest BCUT2D eigenvalue weighted by molar-refractivity contribution is 6.16. The maximum Gasteiger partial charge on any atom is 0.328 e. The summed E-state index contributed by atoms with van der Waals surface area (Å²) in [4.78, 5) is 33.4. The van der Waals surface area contributed by atoms with Crippen LogP contribution in [-0.4, -0.2) is 17.8 Å². The fourth-order valence-electron chi connectivity index (χ4n) is 1.67. The molecule has 0 aliphatic carbocycles. The number of rotatable bonds is 3. The minimum atomic E-state index is -0.729. The number of amides is 4. The zero-order valence-electron chi connectivity index (χ0n) is 8.29. The maximum atomic E-state index is 11.3. The molecule has 0 aromatic rings. The van der Waals surface area contributed by atoms with E-state index in [4.69, 9.17) is 0 Å². The van der Waals surface area contributed by atoms with Crippen LogP contribution in [0.3, 0.4) is 0 Å². The van der Waals surface area contributed by atoms with E-state index in [1.54, 1.807) is 0 Å². The molecule has 0 bridgehead atoms. The number of nitrogens with one attached hydrogen (secondary N) is 2. The Morgan fingerprint density at radius 3 is 2.14 bits per heavy atom. The van der Waals surface area contributed by atoms with Gasteiger partial charge in [-0.25, -0.2) is 4.79 Å². The number of hydrogen-bond donors (Lipinski definition) is 2. The summed E-state index contributed by atoms with van der Waals surface area (Å²) in [6.45, 7) is 3.82. The lowest BCUT2D eigenvalue weighted by Crippen LogP contribution is -2.57. The van der Waals surface area contributed by atoms with Gasteiger partial charge in [-0.2, -0.15) is 0 Å². The molecular weight excluding hydrogens is 184 g/mol. The van der Waals surface area contributed by atoms with Crippen LogP contribution in [0, 0.1) is 11.8 Å². The van der Waals surface area contributed by atoms with Crippen LogP contribution in [0.4, 0.5) is 4.79 Å². The van der Waals surface area contributed by atoms with Crippen LogP contribution in [0.5, 0.6) is 0 Å². The molecule has 1 rings (SSSR count). The van der Waals surface area contributed by atoms with Crippen molar-refractivity contribution in [1.29, 1.82) is 0 Å². The number of hydrogen-bond acceptors (Lipinski definition) is 3. The van der Waals surface area contributed by atoms with Gasteiger partial charge in [0.1, 0.15) is 5.92 Å². The molecule has 1 aliphatic heterocycles. The van der Waals surface area contributed by atoms with Gasteiger partial charge in [0.15, 0.2) is 0 Å². The van der Waals surface area contributed by atoms with E-state index in [1.165, 1.54) is 0 Å². The predicted octanol–water partition coefficient (Wildman–Crippen LogP) is 0.405. The predicted molar refractivity (Wildman–Crippen MR) is 49.2 cm³/mol. The van der Waals surface area contributed by atoms with Crippen LogP contribution in [-0.2, 0) is 9.59 Å². The lowest BCUT2D eigenvalue weighted by atomic mass is 9.88. The summed E-state index contributed by atoms with van der Waals surface area (Å²) in [6.07, 6.45) is 1.70. The van der Waals surface area contributed by atoms with Crippen LogP contribution in [0.15, 0.2) is 0 Å².